The predicted octanol–water partition coefficient (Wildman–Crippen LogP) is 8.08. The van der Waals surface area contributed by atoms with Crippen LogP contribution in [0.4, 0.5) is 0 Å². The molecule has 5 aromatic carbocycles. The summed E-state index contributed by atoms with van der Waals surface area (Å²) in [5, 5.41) is 3.90. The number of ether oxygens (including phenoxy) is 1. The Morgan fingerprint density at radius 1 is 0.634 bits per heavy atom. The molecule has 41 heavy (non-hydrogen) atoms. The first kappa shape index (κ1) is 28.3. The molecule has 0 aliphatic rings. The summed E-state index contributed by atoms with van der Waals surface area (Å²) in [5.41, 5.74) is 4.42. The molecule has 0 heterocycles. The standard InChI is InChI=1S/C38H35O2P/c1-38(2,3)40-37(39)31(27-29-17-7-4-8-18-29)28-30-19-13-14-24-34(30)35-25-15-16-26-36(35)41(32-20-9-5-10-21-32)33-22-11-6-12-23-33/h4-27H,28H2,1-3H3/b31-27+. The molecule has 0 fully saturated rings. The van der Waals surface area contributed by atoms with Crippen LogP contribution < -0.4 is 15.9 Å². The normalized spacial score (nSPS) is 11.9. The first-order valence-corrected chi connectivity index (χ1v) is 15.3. The van der Waals surface area contributed by atoms with Gasteiger partial charge in [-0.3, -0.25) is 0 Å². The second-order valence-electron chi connectivity index (χ2n) is 10.9. The molecule has 0 amide bonds. The quantitative estimate of drug-likeness (QED) is 0.110. The molecule has 0 unspecified atom stereocenters. The lowest BCUT2D eigenvalue weighted by Gasteiger charge is -2.24. The fourth-order valence-electron chi connectivity index (χ4n) is 4.90. The zero-order chi connectivity index (χ0) is 28.7. The van der Waals surface area contributed by atoms with E-state index in [2.05, 4.69) is 103 Å². The van der Waals surface area contributed by atoms with Gasteiger partial charge in [0.1, 0.15) is 5.60 Å². The summed E-state index contributed by atoms with van der Waals surface area (Å²) >= 11 is 0. The Bertz CT molecular complexity index is 1580. The van der Waals surface area contributed by atoms with Gasteiger partial charge in [0.05, 0.1) is 0 Å². The average Bonchev–Trinajstić information content (AvgIpc) is 2.98. The Kier molecular flexibility index (Phi) is 8.92. The molecule has 204 valence electrons. The van der Waals surface area contributed by atoms with Gasteiger partial charge in [0, 0.05) is 12.0 Å². The highest BCUT2D eigenvalue weighted by atomic mass is 31.1. The Balaban J connectivity index is 1.62. The molecule has 0 radical (unpaired) electrons. The van der Waals surface area contributed by atoms with Gasteiger partial charge < -0.3 is 4.74 Å². The van der Waals surface area contributed by atoms with Gasteiger partial charge in [-0.15, -0.1) is 0 Å². The second-order valence-corrected chi connectivity index (χ2v) is 13.1. The smallest absolute Gasteiger partial charge is 0.334 e. The largest absolute Gasteiger partial charge is 0.457 e. The molecule has 0 bridgehead atoms. The summed E-state index contributed by atoms with van der Waals surface area (Å²) < 4.78 is 5.86. The average molecular weight is 555 g/mol. The van der Waals surface area contributed by atoms with Gasteiger partial charge in [0.2, 0.25) is 0 Å². The number of hydrogen-bond acceptors (Lipinski definition) is 2. The van der Waals surface area contributed by atoms with Crippen LogP contribution in [0, 0.1) is 0 Å². The lowest BCUT2D eigenvalue weighted by Crippen LogP contribution is -2.25. The molecule has 0 spiro atoms. The van der Waals surface area contributed by atoms with E-state index in [0.29, 0.717) is 12.0 Å². The van der Waals surface area contributed by atoms with Crippen molar-refractivity contribution in [3.8, 4) is 11.1 Å². The number of rotatable bonds is 8. The minimum Gasteiger partial charge on any atom is -0.457 e. The lowest BCUT2D eigenvalue weighted by molar-refractivity contribution is -0.149. The SMILES string of the molecule is CC(C)(C)OC(=O)/C(=C/c1ccccc1)Cc1ccccc1-c1ccccc1P(c1ccccc1)c1ccccc1. The highest BCUT2D eigenvalue weighted by molar-refractivity contribution is 7.80. The molecule has 0 aliphatic heterocycles. The van der Waals surface area contributed by atoms with E-state index >= 15 is 0 Å². The minimum absolute atomic E-state index is 0.291. The third kappa shape index (κ3) is 7.28. The van der Waals surface area contributed by atoms with Gasteiger partial charge in [0.15, 0.2) is 0 Å². The molecule has 0 aromatic heterocycles. The van der Waals surface area contributed by atoms with E-state index in [4.69, 9.17) is 4.74 Å². The van der Waals surface area contributed by atoms with Gasteiger partial charge in [-0.2, -0.15) is 0 Å². The Labute approximate surface area is 245 Å². The van der Waals surface area contributed by atoms with Gasteiger partial charge >= 0.3 is 5.97 Å². The lowest BCUT2D eigenvalue weighted by atomic mass is 9.94. The molecule has 3 heteroatoms. The van der Waals surface area contributed by atoms with Crippen LogP contribution in [0.1, 0.15) is 31.9 Å². The molecule has 0 saturated carbocycles. The summed E-state index contributed by atoms with van der Waals surface area (Å²) in [6.07, 6.45) is 2.42. The van der Waals surface area contributed by atoms with E-state index in [1.165, 1.54) is 21.5 Å². The van der Waals surface area contributed by atoms with Crippen molar-refractivity contribution in [3.05, 3.63) is 156 Å². The van der Waals surface area contributed by atoms with E-state index in [-0.39, 0.29) is 5.97 Å². The van der Waals surface area contributed by atoms with Crippen molar-refractivity contribution in [1.82, 2.24) is 0 Å². The highest BCUT2D eigenvalue weighted by Gasteiger charge is 2.24. The van der Waals surface area contributed by atoms with Crippen molar-refractivity contribution >= 4 is 35.9 Å². The summed E-state index contributed by atoms with van der Waals surface area (Å²) in [4.78, 5) is 13.5. The molecule has 0 atom stereocenters. The van der Waals surface area contributed by atoms with Crippen LogP contribution >= 0.6 is 7.92 Å². The van der Waals surface area contributed by atoms with Crippen molar-refractivity contribution in [2.45, 2.75) is 32.8 Å². The monoisotopic (exact) mass is 554 g/mol. The first-order chi connectivity index (χ1) is 19.9. The third-order valence-corrected chi connectivity index (χ3v) is 9.16. The van der Waals surface area contributed by atoms with Crippen molar-refractivity contribution in [1.29, 1.82) is 0 Å². The van der Waals surface area contributed by atoms with Gasteiger partial charge in [-0.1, -0.05) is 140 Å². The van der Waals surface area contributed by atoms with Crippen molar-refractivity contribution in [3.63, 3.8) is 0 Å². The van der Waals surface area contributed by atoms with Crippen LogP contribution in [0.3, 0.4) is 0 Å². The number of carbonyl (C=O) groups is 1. The Morgan fingerprint density at radius 3 is 1.71 bits per heavy atom. The van der Waals surface area contributed by atoms with Crippen LogP contribution in [0.2, 0.25) is 0 Å². The molecule has 5 aromatic rings. The molecule has 0 saturated heterocycles. The van der Waals surface area contributed by atoms with Crippen molar-refractivity contribution in [2.75, 3.05) is 0 Å². The Hall–Kier alpha value is -4.26. The maximum atomic E-state index is 13.5. The number of hydrogen-bond donors (Lipinski definition) is 0. The summed E-state index contributed by atoms with van der Waals surface area (Å²) in [6, 6.07) is 48.6. The van der Waals surface area contributed by atoms with E-state index in [1.807, 2.05) is 63.2 Å². The van der Waals surface area contributed by atoms with Crippen LogP contribution in [0.15, 0.2) is 145 Å². The maximum absolute atomic E-state index is 13.5. The highest BCUT2D eigenvalue weighted by Crippen LogP contribution is 2.38. The maximum Gasteiger partial charge on any atom is 0.334 e. The van der Waals surface area contributed by atoms with E-state index < -0.39 is 13.5 Å². The third-order valence-electron chi connectivity index (χ3n) is 6.66. The molecule has 0 aliphatic carbocycles. The van der Waals surface area contributed by atoms with Crippen LogP contribution in [-0.2, 0) is 16.0 Å². The topological polar surface area (TPSA) is 26.3 Å². The Morgan fingerprint density at radius 2 is 1.12 bits per heavy atom. The zero-order valence-corrected chi connectivity index (χ0v) is 24.7. The first-order valence-electron chi connectivity index (χ1n) is 14.0. The van der Waals surface area contributed by atoms with Crippen LogP contribution in [0.5, 0.6) is 0 Å². The molecular weight excluding hydrogens is 519 g/mol. The number of benzene rings is 5. The van der Waals surface area contributed by atoms with Crippen LogP contribution in [0.25, 0.3) is 17.2 Å². The fraction of sp³-hybridized carbons (Fsp3) is 0.132. The predicted molar refractivity (Wildman–Crippen MR) is 175 cm³/mol. The number of esters is 1. The van der Waals surface area contributed by atoms with E-state index in [1.54, 1.807) is 0 Å². The van der Waals surface area contributed by atoms with Crippen molar-refractivity contribution in [2.24, 2.45) is 0 Å². The van der Waals surface area contributed by atoms with Gasteiger partial charge in [-0.05, 0) is 72.9 Å². The fourth-order valence-corrected chi connectivity index (χ4v) is 7.36. The van der Waals surface area contributed by atoms with Crippen molar-refractivity contribution < 1.29 is 9.53 Å². The minimum atomic E-state index is -0.800. The molecule has 5 rings (SSSR count). The summed E-state index contributed by atoms with van der Waals surface area (Å²) in [5.74, 6) is -0.291. The van der Waals surface area contributed by atoms with Gasteiger partial charge in [0.25, 0.3) is 0 Å². The molecule has 0 N–H and O–H groups in total. The molecular formula is C38H35O2P. The van der Waals surface area contributed by atoms with E-state index in [9.17, 15) is 4.79 Å². The van der Waals surface area contributed by atoms with Gasteiger partial charge in [-0.25, -0.2) is 4.79 Å². The van der Waals surface area contributed by atoms with Crippen LogP contribution in [-0.4, -0.2) is 11.6 Å². The summed E-state index contributed by atoms with van der Waals surface area (Å²) in [7, 11) is -0.800. The number of carbonyl (C=O) groups excluding carboxylic acids is 1. The summed E-state index contributed by atoms with van der Waals surface area (Å²) in [6.45, 7) is 5.72. The van der Waals surface area contributed by atoms with E-state index in [0.717, 1.165) is 16.7 Å². The second kappa shape index (κ2) is 12.9. The molecule has 2 nitrogen and oxygen atoms in total. The zero-order valence-electron chi connectivity index (χ0n) is 23.8.